The molecule has 40 heavy (non-hydrogen) atoms. The predicted octanol–water partition coefficient (Wildman–Crippen LogP) is 3.97. The smallest absolute Gasteiger partial charge is 0.410 e. The molecule has 0 bridgehead atoms. The molecule has 1 aliphatic heterocycles. The number of hydrazone groups is 1. The summed E-state index contributed by atoms with van der Waals surface area (Å²) in [5.41, 5.74) is 3.50. The van der Waals surface area contributed by atoms with Crippen molar-refractivity contribution < 1.29 is 14.3 Å². The van der Waals surface area contributed by atoms with Gasteiger partial charge in [0.25, 0.3) is 0 Å². The zero-order valence-electron chi connectivity index (χ0n) is 23.7. The number of hydrogen-bond donors (Lipinski definition) is 1. The zero-order valence-corrected chi connectivity index (χ0v) is 23.7. The molecule has 1 amide bonds. The van der Waals surface area contributed by atoms with Crippen LogP contribution >= 0.6 is 0 Å². The molecule has 0 radical (unpaired) electrons. The lowest BCUT2D eigenvalue weighted by Gasteiger charge is -2.32. The van der Waals surface area contributed by atoms with Gasteiger partial charge in [0.2, 0.25) is 5.88 Å². The number of imidazole rings is 1. The molecule has 1 saturated heterocycles. The predicted molar refractivity (Wildman–Crippen MR) is 150 cm³/mol. The van der Waals surface area contributed by atoms with Crippen LogP contribution < -0.4 is 10.6 Å². The quantitative estimate of drug-likeness (QED) is 0.277. The van der Waals surface area contributed by atoms with E-state index in [0.717, 1.165) is 5.69 Å². The summed E-state index contributed by atoms with van der Waals surface area (Å²) >= 11 is 0. The molecule has 3 aromatic rings. The Kier molecular flexibility index (Phi) is 8.32. The van der Waals surface area contributed by atoms with Gasteiger partial charge in [-0.05, 0) is 60.5 Å². The van der Waals surface area contributed by atoms with E-state index in [0.29, 0.717) is 65.8 Å². The molecule has 1 unspecified atom stereocenters. The highest BCUT2D eigenvalue weighted by molar-refractivity contribution is 6.47. The molecule has 12 nitrogen and oxygen atoms in total. The highest BCUT2D eigenvalue weighted by atomic mass is 16.6. The molecule has 0 aromatic carbocycles. The lowest BCUT2D eigenvalue weighted by atomic mass is 10.0. The van der Waals surface area contributed by atoms with Gasteiger partial charge < -0.3 is 20.2 Å². The Hall–Kier alpha value is -4.53. The largest absolute Gasteiger partial charge is 0.469 e. The van der Waals surface area contributed by atoms with E-state index in [1.807, 2.05) is 41.5 Å². The first-order chi connectivity index (χ1) is 19.0. The highest BCUT2D eigenvalue weighted by Gasteiger charge is 2.27. The molecule has 3 aromatic heterocycles. The molecule has 2 N–H and O–H groups in total. The fraction of sp³-hybridized carbons (Fsp3) is 0.464. The molecule has 12 heteroatoms. The number of nitrogens with two attached hydrogens (primary N) is 1. The van der Waals surface area contributed by atoms with Crippen molar-refractivity contribution >= 4 is 23.2 Å². The summed E-state index contributed by atoms with van der Waals surface area (Å²) in [5, 5.41) is 13.7. The van der Waals surface area contributed by atoms with E-state index in [1.54, 1.807) is 33.8 Å². The lowest BCUT2D eigenvalue weighted by molar-refractivity contribution is 0.0207. The maximum absolute atomic E-state index is 12.4. The maximum atomic E-state index is 12.4. The summed E-state index contributed by atoms with van der Waals surface area (Å²) in [6, 6.07) is 5.72. The number of hydrogen-bond acceptors (Lipinski definition) is 10. The minimum absolute atomic E-state index is 0.00595. The van der Waals surface area contributed by atoms with Crippen molar-refractivity contribution in [3.63, 3.8) is 0 Å². The maximum Gasteiger partial charge on any atom is 0.410 e. The standard InChI is InChI=1S/C28H35N9O3/c1-17-14-31-16-23(33-17)19(3)39-25-12-20(11-24-32-15-22(13-29)37(24)25)26(35-30)18(2)34-21-7-9-36(10-8-21)27(38)40-28(4,5)6/h11-12,14-16,19,21H,7-10,30H2,1-6H3/b34-18?,35-26+. The molecule has 210 valence electrons. The number of pyridine rings is 1. The topological polar surface area (TPSA) is 156 Å². The number of aryl methyl sites for hydroxylation is 1. The summed E-state index contributed by atoms with van der Waals surface area (Å²) < 4.78 is 13.4. The van der Waals surface area contributed by atoms with E-state index in [-0.39, 0.29) is 12.1 Å². The van der Waals surface area contributed by atoms with Crippen molar-refractivity contribution in [2.45, 2.75) is 72.1 Å². The van der Waals surface area contributed by atoms with Gasteiger partial charge in [0, 0.05) is 30.9 Å². The van der Waals surface area contributed by atoms with Gasteiger partial charge >= 0.3 is 6.09 Å². The minimum Gasteiger partial charge on any atom is -0.469 e. The van der Waals surface area contributed by atoms with E-state index in [2.05, 4.69) is 26.1 Å². The van der Waals surface area contributed by atoms with Gasteiger partial charge in [0.15, 0.2) is 0 Å². The molecule has 4 heterocycles. The van der Waals surface area contributed by atoms with Crippen LogP contribution in [-0.2, 0) is 4.74 Å². The summed E-state index contributed by atoms with van der Waals surface area (Å²) in [5.74, 6) is 6.25. The second-order valence-corrected chi connectivity index (χ2v) is 10.8. The van der Waals surface area contributed by atoms with Crippen LogP contribution in [-0.4, -0.2) is 66.5 Å². The Morgan fingerprint density at radius 1 is 1.23 bits per heavy atom. The molecule has 0 saturated carbocycles. The third-order valence-corrected chi connectivity index (χ3v) is 6.41. The van der Waals surface area contributed by atoms with E-state index in [4.69, 9.17) is 20.3 Å². The number of aromatic nitrogens is 4. The number of aliphatic imine (C=N–C) groups is 1. The normalized spacial score (nSPS) is 16.1. The number of nitrogens with zero attached hydrogens (tertiary/aromatic N) is 8. The Morgan fingerprint density at radius 2 is 1.95 bits per heavy atom. The fourth-order valence-electron chi connectivity index (χ4n) is 4.52. The van der Waals surface area contributed by atoms with E-state index < -0.39 is 11.7 Å². The minimum atomic E-state index is -0.535. The summed E-state index contributed by atoms with van der Waals surface area (Å²) in [6.07, 6.45) is 5.44. The monoisotopic (exact) mass is 545 g/mol. The van der Waals surface area contributed by atoms with Crippen LogP contribution in [0, 0.1) is 18.3 Å². The SMILES string of the molecule is CC(=NC1CCN(C(=O)OC(C)(C)C)CC1)/C(=N\N)c1cc(OC(C)c2cncc(C)n2)n2c(C#N)cnc2c1. The number of carbonyl (C=O) groups excluding carboxylic acids is 1. The first-order valence-electron chi connectivity index (χ1n) is 13.2. The van der Waals surface area contributed by atoms with Gasteiger partial charge in [-0.15, -0.1) is 0 Å². The fourth-order valence-corrected chi connectivity index (χ4v) is 4.52. The highest BCUT2D eigenvalue weighted by Crippen LogP contribution is 2.26. The van der Waals surface area contributed by atoms with Gasteiger partial charge in [0.1, 0.15) is 34.8 Å². The molecular weight excluding hydrogens is 510 g/mol. The van der Waals surface area contributed by atoms with Crippen molar-refractivity contribution in [1.29, 1.82) is 5.26 Å². The van der Waals surface area contributed by atoms with Crippen molar-refractivity contribution in [2.24, 2.45) is 15.9 Å². The number of likely N-dealkylation sites (tertiary alicyclic amines) is 1. The molecule has 1 fully saturated rings. The van der Waals surface area contributed by atoms with Crippen LogP contribution in [0.1, 0.15) is 76.2 Å². The Morgan fingerprint density at radius 3 is 2.58 bits per heavy atom. The molecule has 4 rings (SSSR count). The van der Waals surface area contributed by atoms with E-state index in [1.165, 1.54) is 6.20 Å². The van der Waals surface area contributed by atoms with Gasteiger partial charge in [-0.25, -0.2) is 9.78 Å². The average molecular weight is 546 g/mol. The third-order valence-electron chi connectivity index (χ3n) is 6.41. The van der Waals surface area contributed by atoms with Crippen molar-refractivity contribution in [1.82, 2.24) is 24.3 Å². The summed E-state index contributed by atoms with van der Waals surface area (Å²) in [7, 11) is 0. The van der Waals surface area contributed by atoms with Gasteiger partial charge in [0.05, 0.1) is 35.5 Å². The number of nitriles is 1. The lowest BCUT2D eigenvalue weighted by Crippen LogP contribution is -2.42. The van der Waals surface area contributed by atoms with Gasteiger partial charge in [-0.3, -0.25) is 19.4 Å². The molecule has 1 atom stereocenters. The number of ether oxygens (including phenoxy) is 2. The van der Waals surface area contributed by atoms with Crippen molar-refractivity contribution in [3.05, 3.63) is 53.4 Å². The second kappa shape index (κ2) is 11.7. The zero-order chi connectivity index (χ0) is 29.0. The molecule has 0 spiro atoms. The number of piperidine rings is 1. The Bertz CT molecular complexity index is 1490. The van der Waals surface area contributed by atoms with E-state index >= 15 is 0 Å². The number of amides is 1. The van der Waals surface area contributed by atoms with Crippen LogP contribution in [0.3, 0.4) is 0 Å². The van der Waals surface area contributed by atoms with Crippen LogP contribution in [0.25, 0.3) is 5.65 Å². The van der Waals surface area contributed by atoms with Gasteiger partial charge in [-0.1, -0.05) is 0 Å². The van der Waals surface area contributed by atoms with Crippen LogP contribution in [0.5, 0.6) is 5.88 Å². The summed E-state index contributed by atoms with van der Waals surface area (Å²) in [4.78, 5) is 32.1. The van der Waals surface area contributed by atoms with Crippen molar-refractivity contribution in [2.75, 3.05) is 13.1 Å². The van der Waals surface area contributed by atoms with Crippen LogP contribution in [0.4, 0.5) is 4.79 Å². The molecule has 0 aliphatic carbocycles. The van der Waals surface area contributed by atoms with Crippen LogP contribution in [0.15, 0.2) is 40.8 Å². The van der Waals surface area contributed by atoms with Crippen molar-refractivity contribution in [3.8, 4) is 11.9 Å². The summed E-state index contributed by atoms with van der Waals surface area (Å²) in [6.45, 7) is 12.3. The van der Waals surface area contributed by atoms with Crippen LogP contribution in [0.2, 0.25) is 0 Å². The van der Waals surface area contributed by atoms with Gasteiger partial charge in [-0.2, -0.15) is 10.4 Å². The third kappa shape index (κ3) is 6.54. The first kappa shape index (κ1) is 28.5. The number of carbonyl (C=O) groups is 1. The first-order valence-corrected chi connectivity index (χ1v) is 13.2. The number of rotatable bonds is 6. The second-order valence-electron chi connectivity index (χ2n) is 10.8. The Balaban J connectivity index is 1.58. The number of fused-ring (bicyclic) bond motifs is 1. The molecule has 1 aliphatic rings. The molecular formula is C28H35N9O3. The van der Waals surface area contributed by atoms with E-state index in [9.17, 15) is 10.1 Å². The Labute approximate surface area is 233 Å². The average Bonchev–Trinajstić information content (AvgIpc) is 3.32.